The summed E-state index contributed by atoms with van der Waals surface area (Å²) < 4.78 is 6.85. The van der Waals surface area contributed by atoms with Crippen molar-refractivity contribution in [2.45, 2.75) is 0 Å². The van der Waals surface area contributed by atoms with Gasteiger partial charge in [-0.2, -0.15) is 0 Å². The number of hydrogen-bond acceptors (Lipinski definition) is 4. The fourth-order valence-corrected chi connectivity index (χ4v) is 9.63. The monoisotopic (exact) mass is 857 g/mol. The predicted molar refractivity (Wildman–Crippen MR) is 273 cm³/mol. The van der Waals surface area contributed by atoms with E-state index in [4.69, 9.17) is 19.9 Å². The molecule has 0 atom stereocenters. The van der Waals surface area contributed by atoms with E-state index >= 15 is 0 Å². The van der Waals surface area contributed by atoms with E-state index in [1.165, 1.54) is 43.7 Å². The van der Waals surface area contributed by atoms with E-state index in [0.29, 0.717) is 17.5 Å². The van der Waals surface area contributed by atoms with Gasteiger partial charge < -0.3 is 9.13 Å². The first-order chi connectivity index (χ1) is 33.2. The standard InChI is InChI=1S/C60H39N7/c1-4-14-40(15-5-1)57-62-58(41-16-6-2-7-17-41)64-59(63-57)42-24-30-46(31-25-42)65-37-36-61-60(65)43-26-32-48(33-27-43)67-54-23-13-11-21-50(54)52-39-45(29-35-56(52)67)44-28-34-55-51(38-44)49-20-10-12-22-53(49)66(55)47-18-8-3-9-19-47/h1-39H. The van der Waals surface area contributed by atoms with Crippen LogP contribution in [0.25, 0.3) is 117 Å². The van der Waals surface area contributed by atoms with E-state index in [9.17, 15) is 0 Å². The van der Waals surface area contributed by atoms with Crippen molar-refractivity contribution in [3.8, 4) is 73.7 Å². The molecule has 314 valence electrons. The fourth-order valence-electron chi connectivity index (χ4n) is 9.63. The molecule has 0 bridgehead atoms. The van der Waals surface area contributed by atoms with Crippen molar-refractivity contribution in [3.63, 3.8) is 0 Å². The highest BCUT2D eigenvalue weighted by molar-refractivity contribution is 6.12. The Balaban J connectivity index is 0.826. The Hall–Kier alpha value is -9.20. The first kappa shape index (κ1) is 38.3. The number of hydrogen-bond donors (Lipinski definition) is 0. The zero-order chi connectivity index (χ0) is 44.3. The summed E-state index contributed by atoms with van der Waals surface area (Å²) in [6.07, 6.45) is 3.86. The van der Waals surface area contributed by atoms with E-state index in [0.717, 1.165) is 56.2 Å². The first-order valence-electron chi connectivity index (χ1n) is 22.5. The summed E-state index contributed by atoms with van der Waals surface area (Å²) in [4.78, 5) is 19.5. The SMILES string of the molecule is c1ccc(-c2nc(-c3ccccc3)nc(-c3ccc(-n4ccnc4-c4ccc(-n5c6ccccc6c6cc(-c7ccc8c(c7)c7ccccc7n8-c7ccccc7)ccc65)cc4)cc3)n2)cc1. The van der Waals surface area contributed by atoms with Gasteiger partial charge in [-0.3, -0.25) is 4.57 Å². The average molecular weight is 858 g/mol. The summed E-state index contributed by atoms with van der Waals surface area (Å²) in [5, 5.41) is 4.92. The maximum atomic E-state index is 4.93. The minimum Gasteiger partial charge on any atom is -0.309 e. The topological polar surface area (TPSA) is 66.3 Å². The van der Waals surface area contributed by atoms with Gasteiger partial charge in [-0.05, 0) is 108 Å². The summed E-state index contributed by atoms with van der Waals surface area (Å²) in [6, 6.07) is 78.9. The van der Waals surface area contributed by atoms with Gasteiger partial charge in [0, 0.05) is 73.3 Å². The molecule has 0 spiro atoms. The highest BCUT2D eigenvalue weighted by Gasteiger charge is 2.18. The smallest absolute Gasteiger partial charge is 0.164 e. The molecule has 0 aliphatic heterocycles. The van der Waals surface area contributed by atoms with Gasteiger partial charge in [0.2, 0.25) is 0 Å². The predicted octanol–water partition coefficient (Wildman–Crippen LogP) is 14.6. The van der Waals surface area contributed by atoms with Crippen molar-refractivity contribution in [1.82, 2.24) is 33.6 Å². The molecule has 7 heteroatoms. The van der Waals surface area contributed by atoms with Gasteiger partial charge in [0.1, 0.15) is 5.82 Å². The Labute approximate surface area is 386 Å². The molecule has 0 saturated carbocycles. The van der Waals surface area contributed by atoms with Crippen molar-refractivity contribution in [3.05, 3.63) is 237 Å². The number of benzene rings is 9. The minimum absolute atomic E-state index is 0.618. The van der Waals surface area contributed by atoms with Crippen molar-refractivity contribution in [2.24, 2.45) is 0 Å². The summed E-state index contributed by atoms with van der Waals surface area (Å²) >= 11 is 0. The van der Waals surface area contributed by atoms with E-state index in [1.54, 1.807) is 0 Å². The Bertz CT molecular complexity index is 3890. The number of nitrogens with zero attached hydrogens (tertiary/aromatic N) is 7. The van der Waals surface area contributed by atoms with Crippen LogP contribution in [0.5, 0.6) is 0 Å². The Morgan fingerprint density at radius 1 is 0.284 bits per heavy atom. The molecule has 0 fully saturated rings. The van der Waals surface area contributed by atoms with Gasteiger partial charge in [0.15, 0.2) is 17.5 Å². The number of fused-ring (bicyclic) bond motifs is 6. The van der Waals surface area contributed by atoms with Gasteiger partial charge in [-0.15, -0.1) is 0 Å². The molecule has 13 rings (SSSR count). The molecule has 0 radical (unpaired) electrons. The maximum Gasteiger partial charge on any atom is 0.164 e. The summed E-state index contributed by atoms with van der Waals surface area (Å²) in [7, 11) is 0. The van der Waals surface area contributed by atoms with Gasteiger partial charge in [0.05, 0.1) is 22.1 Å². The Morgan fingerprint density at radius 3 is 1.19 bits per heavy atom. The van der Waals surface area contributed by atoms with Gasteiger partial charge in [-0.1, -0.05) is 127 Å². The van der Waals surface area contributed by atoms with Gasteiger partial charge >= 0.3 is 0 Å². The molecule has 67 heavy (non-hydrogen) atoms. The molecule has 13 aromatic rings. The number of imidazole rings is 1. The molecule has 0 amide bonds. The molecule has 0 aliphatic carbocycles. The zero-order valence-electron chi connectivity index (χ0n) is 36.1. The fraction of sp³-hybridized carbons (Fsp3) is 0. The summed E-state index contributed by atoms with van der Waals surface area (Å²) in [6.45, 7) is 0. The van der Waals surface area contributed by atoms with Gasteiger partial charge in [-0.25, -0.2) is 19.9 Å². The number of rotatable bonds is 8. The molecule has 0 aliphatic rings. The summed E-state index contributed by atoms with van der Waals surface area (Å²) in [5.41, 5.74) is 14.1. The molecule has 9 aromatic carbocycles. The van der Waals surface area contributed by atoms with Crippen LogP contribution in [0.2, 0.25) is 0 Å². The lowest BCUT2D eigenvalue weighted by molar-refractivity contribution is 1.06. The second-order valence-corrected chi connectivity index (χ2v) is 16.8. The Morgan fingerprint density at radius 2 is 0.672 bits per heavy atom. The molecule has 7 nitrogen and oxygen atoms in total. The Kier molecular flexibility index (Phi) is 9.03. The lowest BCUT2D eigenvalue weighted by atomic mass is 10.0. The number of para-hydroxylation sites is 3. The van der Waals surface area contributed by atoms with Crippen LogP contribution in [0.4, 0.5) is 0 Å². The molecule has 0 saturated heterocycles. The van der Waals surface area contributed by atoms with Crippen LogP contribution < -0.4 is 0 Å². The molecule has 4 heterocycles. The van der Waals surface area contributed by atoms with Crippen LogP contribution in [0.3, 0.4) is 0 Å². The molecular weight excluding hydrogens is 819 g/mol. The van der Waals surface area contributed by atoms with Crippen molar-refractivity contribution in [2.75, 3.05) is 0 Å². The van der Waals surface area contributed by atoms with Crippen LogP contribution in [0, 0.1) is 0 Å². The van der Waals surface area contributed by atoms with Crippen LogP contribution in [-0.4, -0.2) is 33.6 Å². The average Bonchev–Trinajstić information content (AvgIpc) is 4.12. The molecule has 0 N–H and O–H groups in total. The van der Waals surface area contributed by atoms with Crippen molar-refractivity contribution < 1.29 is 0 Å². The third-order valence-corrected chi connectivity index (χ3v) is 12.8. The molecule has 4 aromatic heterocycles. The minimum atomic E-state index is 0.618. The zero-order valence-corrected chi connectivity index (χ0v) is 36.1. The maximum absolute atomic E-state index is 4.93. The van der Waals surface area contributed by atoms with E-state index in [-0.39, 0.29) is 0 Å². The van der Waals surface area contributed by atoms with Crippen LogP contribution in [0.15, 0.2) is 237 Å². The van der Waals surface area contributed by atoms with Crippen molar-refractivity contribution >= 4 is 43.6 Å². The second-order valence-electron chi connectivity index (χ2n) is 16.8. The molecule has 0 unspecified atom stereocenters. The van der Waals surface area contributed by atoms with Crippen molar-refractivity contribution in [1.29, 1.82) is 0 Å². The lowest BCUT2D eigenvalue weighted by Crippen LogP contribution is -2.01. The third-order valence-electron chi connectivity index (χ3n) is 12.8. The first-order valence-corrected chi connectivity index (χ1v) is 22.5. The van der Waals surface area contributed by atoms with E-state index in [2.05, 4.69) is 177 Å². The second kappa shape index (κ2) is 15.8. The third kappa shape index (κ3) is 6.60. The normalized spacial score (nSPS) is 11.6. The van der Waals surface area contributed by atoms with Crippen LogP contribution >= 0.6 is 0 Å². The molecular formula is C60H39N7. The number of aromatic nitrogens is 7. The summed E-state index contributed by atoms with van der Waals surface area (Å²) in [5.74, 6) is 2.75. The van der Waals surface area contributed by atoms with E-state index in [1.807, 2.05) is 73.1 Å². The van der Waals surface area contributed by atoms with E-state index < -0.39 is 0 Å². The highest BCUT2D eigenvalue weighted by atomic mass is 15.1. The highest BCUT2D eigenvalue weighted by Crippen LogP contribution is 2.39. The lowest BCUT2D eigenvalue weighted by Gasteiger charge is -2.12. The van der Waals surface area contributed by atoms with Crippen LogP contribution in [-0.2, 0) is 0 Å². The quantitative estimate of drug-likeness (QED) is 0.153. The van der Waals surface area contributed by atoms with Crippen LogP contribution in [0.1, 0.15) is 0 Å². The van der Waals surface area contributed by atoms with Gasteiger partial charge in [0.25, 0.3) is 0 Å². The largest absolute Gasteiger partial charge is 0.309 e.